The van der Waals surface area contributed by atoms with Gasteiger partial charge in [0.1, 0.15) is 23.3 Å². The predicted molar refractivity (Wildman–Crippen MR) is 92.0 cm³/mol. The molecule has 4 heteroatoms. The monoisotopic (exact) mass is 332 g/mol. The number of halogens is 1. The van der Waals surface area contributed by atoms with E-state index in [1.165, 1.54) is 5.39 Å². The summed E-state index contributed by atoms with van der Waals surface area (Å²) in [5.74, 6) is 0.446. The molecule has 3 atom stereocenters. The maximum Gasteiger partial charge on any atom is 0.324 e. The van der Waals surface area contributed by atoms with Crippen LogP contribution in [0.3, 0.4) is 0 Å². The van der Waals surface area contributed by atoms with Crippen LogP contribution in [0.4, 0.5) is 0 Å². The fourth-order valence-electron chi connectivity index (χ4n) is 2.99. The Labute approximate surface area is 141 Å². The van der Waals surface area contributed by atoms with E-state index in [0.717, 1.165) is 36.8 Å². The number of fused-ring (bicyclic) bond motifs is 1. The summed E-state index contributed by atoms with van der Waals surface area (Å²) < 4.78 is 11.7. The second-order valence-corrected chi connectivity index (χ2v) is 6.70. The molecule has 2 aromatic carbocycles. The maximum absolute atomic E-state index is 11.8. The van der Waals surface area contributed by atoms with Crippen LogP contribution in [-0.2, 0) is 9.53 Å². The van der Waals surface area contributed by atoms with Crippen molar-refractivity contribution in [2.45, 2.75) is 50.2 Å². The number of hydrogen-bond donors (Lipinski definition) is 0. The molecule has 0 bridgehead atoms. The first-order valence-corrected chi connectivity index (χ1v) is 8.57. The van der Waals surface area contributed by atoms with E-state index < -0.39 is 5.38 Å². The van der Waals surface area contributed by atoms with E-state index in [9.17, 15) is 4.79 Å². The van der Waals surface area contributed by atoms with Crippen LogP contribution in [0.15, 0.2) is 42.5 Å². The normalized spacial score (nSPS) is 22.5. The second-order valence-electron chi connectivity index (χ2n) is 6.04. The fourth-order valence-corrected chi connectivity index (χ4v) is 3.04. The third-order valence-corrected chi connectivity index (χ3v) is 4.42. The number of benzene rings is 2. The molecule has 122 valence electrons. The smallest absolute Gasteiger partial charge is 0.324 e. The highest BCUT2D eigenvalue weighted by Gasteiger charge is 2.31. The second kappa shape index (κ2) is 7.22. The molecule has 2 aromatic rings. The van der Waals surface area contributed by atoms with Crippen LogP contribution in [0.1, 0.15) is 32.6 Å². The molecule has 0 aliphatic heterocycles. The number of rotatable bonds is 4. The first-order chi connectivity index (χ1) is 11.1. The summed E-state index contributed by atoms with van der Waals surface area (Å²) in [5, 5.41) is 1.70. The molecule has 0 aromatic heterocycles. The van der Waals surface area contributed by atoms with E-state index in [0.29, 0.717) is 0 Å². The van der Waals surface area contributed by atoms with E-state index in [2.05, 4.69) is 18.2 Å². The molecule has 0 saturated heterocycles. The molecule has 0 unspecified atom stereocenters. The minimum Gasteiger partial charge on any atom is -0.487 e. The summed E-state index contributed by atoms with van der Waals surface area (Å²) in [6, 6.07) is 14.2. The summed E-state index contributed by atoms with van der Waals surface area (Å²) in [6.07, 6.45) is 3.53. The molecule has 3 rings (SSSR count). The van der Waals surface area contributed by atoms with Crippen LogP contribution in [-0.4, -0.2) is 23.6 Å². The molecule has 0 radical (unpaired) electrons. The van der Waals surface area contributed by atoms with Gasteiger partial charge in [-0.25, -0.2) is 0 Å². The zero-order valence-electron chi connectivity index (χ0n) is 13.2. The van der Waals surface area contributed by atoms with E-state index in [1.54, 1.807) is 6.92 Å². The van der Waals surface area contributed by atoms with Crippen LogP contribution in [0.5, 0.6) is 5.75 Å². The third kappa shape index (κ3) is 3.97. The van der Waals surface area contributed by atoms with Crippen molar-refractivity contribution in [1.82, 2.24) is 0 Å². The lowest BCUT2D eigenvalue weighted by atomic mass is 9.94. The predicted octanol–water partition coefficient (Wildman–Crippen LogP) is 4.70. The SMILES string of the molecule is C[C@H](Cl)C(=O)O[C@@H]1CCCC[C@H]1Oc1ccc2ccccc2c1. The Balaban J connectivity index is 1.73. The van der Waals surface area contributed by atoms with Crippen molar-refractivity contribution in [3.05, 3.63) is 42.5 Å². The Hall–Kier alpha value is -1.74. The van der Waals surface area contributed by atoms with Crippen LogP contribution < -0.4 is 4.74 Å². The highest BCUT2D eigenvalue weighted by Crippen LogP contribution is 2.28. The Morgan fingerprint density at radius 1 is 1.09 bits per heavy atom. The van der Waals surface area contributed by atoms with Gasteiger partial charge in [-0.3, -0.25) is 4.79 Å². The molecule has 1 aliphatic carbocycles. The molecule has 0 N–H and O–H groups in total. The molecule has 0 spiro atoms. The molecule has 23 heavy (non-hydrogen) atoms. The standard InChI is InChI=1S/C19H21ClO3/c1-13(20)19(21)23-18-9-5-4-8-17(18)22-16-11-10-14-6-2-3-7-15(14)12-16/h2-3,6-7,10-13,17-18H,4-5,8-9H2,1H3/t13-,17+,18+/m0/s1. The maximum atomic E-state index is 11.8. The molecule has 1 saturated carbocycles. The van der Waals surface area contributed by atoms with Crippen LogP contribution in [0.25, 0.3) is 10.8 Å². The van der Waals surface area contributed by atoms with Crippen LogP contribution in [0, 0.1) is 0 Å². The largest absolute Gasteiger partial charge is 0.487 e. The van der Waals surface area contributed by atoms with Crippen LogP contribution in [0.2, 0.25) is 0 Å². The van der Waals surface area contributed by atoms with Gasteiger partial charge in [-0.15, -0.1) is 11.6 Å². The van der Waals surface area contributed by atoms with Crippen LogP contribution >= 0.6 is 11.6 Å². The average Bonchev–Trinajstić information content (AvgIpc) is 2.56. The first-order valence-electron chi connectivity index (χ1n) is 8.13. The van der Waals surface area contributed by atoms with E-state index in [-0.39, 0.29) is 18.2 Å². The number of alkyl halides is 1. The van der Waals surface area contributed by atoms with E-state index >= 15 is 0 Å². The topological polar surface area (TPSA) is 35.5 Å². The fraction of sp³-hybridized carbons (Fsp3) is 0.421. The Bertz CT molecular complexity index is 683. The average molecular weight is 333 g/mol. The van der Waals surface area contributed by atoms with Crippen molar-refractivity contribution >= 4 is 28.3 Å². The van der Waals surface area contributed by atoms with Gasteiger partial charge in [0.15, 0.2) is 0 Å². The third-order valence-electron chi connectivity index (χ3n) is 4.24. The van der Waals surface area contributed by atoms with Gasteiger partial charge in [-0.1, -0.05) is 30.3 Å². The summed E-state index contributed by atoms with van der Waals surface area (Å²) in [5.41, 5.74) is 0. The molecular formula is C19H21ClO3. The number of esters is 1. The number of carbonyl (C=O) groups is 1. The van der Waals surface area contributed by atoms with Crippen molar-refractivity contribution in [2.24, 2.45) is 0 Å². The number of ether oxygens (including phenoxy) is 2. The van der Waals surface area contributed by atoms with Gasteiger partial charge in [0.2, 0.25) is 0 Å². The van der Waals surface area contributed by atoms with Crippen molar-refractivity contribution in [3.8, 4) is 5.75 Å². The van der Waals surface area contributed by atoms with Gasteiger partial charge in [0.25, 0.3) is 0 Å². The molecule has 0 amide bonds. The number of hydrogen-bond acceptors (Lipinski definition) is 3. The number of carbonyl (C=O) groups excluding carboxylic acids is 1. The first kappa shape index (κ1) is 16.1. The Morgan fingerprint density at radius 3 is 2.52 bits per heavy atom. The Morgan fingerprint density at radius 2 is 1.78 bits per heavy atom. The van der Waals surface area contributed by atoms with Gasteiger partial charge < -0.3 is 9.47 Å². The van der Waals surface area contributed by atoms with Crippen molar-refractivity contribution in [2.75, 3.05) is 0 Å². The molecular weight excluding hydrogens is 312 g/mol. The van der Waals surface area contributed by atoms with Gasteiger partial charge in [0.05, 0.1) is 0 Å². The Kier molecular flexibility index (Phi) is 5.06. The highest BCUT2D eigenvalue weighted by molar-refractivity contribution is 6.29. The zero-order valence-corrected chi connectivity index (χ0v) is 14.0. The summed E-state index contributed by atoms with van der Waals surface area (Å²) in [7, 11) is 0. The minimum atomic E-state index is -0.627. The van der Waals surface area contributed by atoms with Gasteiger partial charge >= 0.3 is 5.97 Å². The van der Waals surface area contributed by atoms with Gasteiger partial charge in [-0.2, -0.15) is 0 Å². The summed E-state index contributed by atoms with van der Waals surface area (Å²) in [6.45, 7) is 1.63. The van der Waals surface area contributed by atoms with Gasteiger partial charge in [-0.05, 0) is 55.5 Å². The lowest BCUT2D eigenvalue weighted by Crippen LogP contribution is -2.39. The van der Waals surface area contributed by atoms with Crippen molar-refractivity contribution in [3.63, 3.8) is 0 Å². The highest BCUT2D eigenvalue weighted by atomic mass is 35.5. The van der Waals surface area contributed by atoms with Crippen molar-refractivity contribution < 1.29 is 14.3 Å². The summed E-state index contributed by atoms with van der Waals surface area (Å²) >= 11 is 5.81. The molecule has 1 aliphatic rings. The summed E-state index contributed by atoms with van der Waals surface area (Å²) in [4.78, 5) is 11.8. The van der Waals surface area contributed by atoms with E-state index in [1.807, 2.05) is 24.3 Å². The molecule has 0 heterocycles. The van der Waals surface area contributed by atoms with Gasteiger partial charge in [0, 0.05) is 0 Å². The lowest BCUT2D eigenvalue weighted by molar-refractivity contribution is -0.155. The minimum absolute atomic E-state index is 0.107. The van der Waals surface area contributed by atoms with E-state index in [4.69, 9.17) is 21.1 Å². The molecule has 3 nitrogen and oxygen atoms in total. The van der Waals surface area contributed by atoms with Crippen molar-refractivity contribution in [1.29, 1.82) is 0 Å². The quantitative estimate of drug-likeness (QED) is 0.601. The molecule has 1 fully saturated rings. The lowest BCUT2D eigenvalue weighted by Gasteiger charge is -2.31. The zero-order chi connectivity index (χ0) is 16.2.